The Morgan fingerprint density at radius 1 is 1.54 bits per heavy atom. The summed E-state index contributed by atoms with van der Waals surface area (Å²) in [5.41, 5.74) is 1.64. The summed E-state index contributed by atoms with van der Waals surface area (Å²) >= 11 is 0. The van der Waals surface area contributed by atoms with Gasteiger partial charge in [0.05, 0.1) is 11.6 Å². The van der Waals surface area contributed by atoms with Gasteiger partial charge in [-0.3, -0.25) is 0 Å². The Kier molecular flexibility index (Phi) is 1.93. The van der Waals surface area contributed by atoms with Gasteiger partial charge < -0.3 is 4.98 Å². The van der Waals surface area contributed by atoms with Crippen molar-refractivity contribution < 1.29 is 0 Å². The van der Waals surface area contributed by atoms with Crippen molar-refractivity contribution in [2.45, 2.75) is 12.8 Å². The summed E-state index contributed by atoms with van der Waals surface area (Å²) in [7, 11) is 0. The Labute approximate surface area is 75.2 Å². The van der Waals surface area contributed by atoms with Gasteiger partial charge in [-0.15, -0.1) is 0 Å². The Balaban J connectivity index is 2.34. The molecule has 0 saturated heterocycles. The molecular formula is C9H8N4. The van der Waals surface area contributed by atoms with E-state index in [1.165, 1.54) is 0 Å². The fraction of sp³-hybridized carbons (Fsp3) is 0.222. The molecule has 0 aliphatic rings. The summed E-state index contributed by atoms with van der Waals surface area (Å²) < 4.78 is 0. The largest absolute Gasteiger partial charge is 0.341 e. The standard InChI is InChI=1S/C9H8N4/c10-5-1-4-8-12-7-3-2-6-11-9(7)13-8/h2-3,6H,1,4H2,(H,11,12,13). The molecule has 4 nitrogen and oxygen atoms in total. The molecule has 13 heavy (non-hydrogen) atoms. The van der Waals surface area contributed by atoms with Crippen LogP contribution < -0.4 is 0 Å². The zero-order chi connectivity index (χ0) is 9.10. The Hall–Kier alpha value is -1.89. The monoisotopic (exact) mass is 172 g/mol. The third-order valence-corrected chi connectivity index (χ3v) is 1.78. The van der Waals surface area contributed by atoms with E-state index in [1.807, 2.05) is 12.1 Å². The van der Waals surface area contributed by atoms with Crippen LogP contribution in [0.4, 0.5) is 0 Å². The molecule has 0 aliphatic carbocycles. The highest BCUT2D eigenvalue weighted by molar-refractivity contribution is 5.69. The second-order valence-electron chi connectivity index (χ2n) is 2.72. The molecule has 0 spiro atoms. The van der Waals surface area contributed by atoms with E-state index in [4.69, 9.17) is 5.26 Å². The summed E-state index contributed by atoms with van der Waals surface area (Å²) in [4.78, 5) is 11.4. The van der Waals surface area contributed by atoms with Crippen LogP contribution in [0.25, 0.3) is 11.2 Å². The zero-order valence-corrected chi connectivity index (χ0v) is 6.99. The van der Waals surface area contributed by atoms with Crippen molar-refractivity contribution in [3.63, 3.8) is 0 Å². The Morgan fingerprint density at radius 2 is 2.46 bits per heavy atom. The van der Waals surface area contributed by atoms with Gasteiger partial charge in [-0.2, -0.15) is 5.26 Å². The lowest BCUT2D eigenvalue weighted by atomic mass is 10.3. The molecule has 64 valence electrons. The normalized spacial score (nSPS) is 10.1. The van der Waals surface area contributed by atoms with Crippen LogP contribution in [0.5, 0.6) is 0 Å². The van der Waals surface area contributed by atoms with Gasteiger partial charge in [0.2, 0.25) is 0 Å². The third kappa shape index (κ3) is 1.49. The number of imidazole rings is 1. The van der Waals surface area contributed by atoms with Crippen molar-refractivity contribution in [1.29, 1.82) is 5.26 Å². The van der Waals surface area contributed by atoms with Gasteiger partial charge in [0, 0.05) is 19.0 Å². The second-order valence-corrected chi connectivity index (χ2v) is 2.72. The molecule has 0 aliphatic heterocycles. The number of aryl methyl sites for hydroxylation is 1. The Morgan fingerprint density at radius 3 is 3.23 bits per heavy atom. The zero-order valence-electron chi connectivity index (χ0n) is 6.99. The molecule has 2 aromatic rings. The summed E-state index contributed by atoms with van der Waals surface area (Å²) in [6.45, 7) is 0. The molecule has 0 radical (unpaired) electrons. The SMILES string of the molecule is N#CCCc1nc2ncccc2[nH]1. The van der Waals surface area contributed by atoms with Gasteiger partial charge in [0.25, 0.3) is 0 Å². The van der Waals surface area contributed by atoms with E-state index < -0.39 is 0 Å². The smallest absolute Gasteiger partial charge is 0.177 e. The summed E-state index contributed by atoms with van der Waals surface area (Å²) in [6, 6.07) is 5.86. The van der Waals surface area contributed by atoms with Crippen LogP contribution >= 0.6 is 0 Å². The first kappa shape index (κ1) is 7.74. The van der Waals surface area contributed by atoms with Gasteiger partial charge in [-0.25, -0.2) is 9.97 Å². The number of hydrogen-bond donors (Lipinski definition) is 1. The number of nitrogens with zero attached hydrogens (tertiary/aromatic N) is 3. The summed E-state index contributed by atoms with van der Waals surface area (Å²) in [5, 5.41) is 8.40. The molecule has 0 atom stereocenters. The minimum absolute atomic E-state index is 0.486. The highest BCUT2D eigenvalue weighted by Crippen LogP contribution is 2.08. The van der Waals surface area contributed by atoms with Gasteiger partial charge in [0.15, 0.2) is 5.65 Å². The van der Waals surface area contributed by atoms with Crippen LogP contribution in [0.1, 0.15) is 12.2 Å². The molecule has 0 saturated carbocycles. The van der Waals surface area contributed by atoms with Gasteiger partial charge in [-0.1, -0.05) is 0 Å². The molecule has 2 aromatic heterocycles. The van der Waals surface area contributed by atoms with Crippen LogP contribution in [-0.2, 0) is 6.42 Å². The third-order valence-electron chi connectivity index (χ3n) is 1.78. The fourth-order valence-electron chi connectivity index (χ4n) is 1.19. The van der Waals surface area contributed by atoms with Crippen LogP contribution in [0, 0.1) is 11.3 Å². The molecule has 0 fully saturated rings. The summed E-state index contributed by atoms with van der Waals surface area (Å²) in [6.07, 6.45) is 2.85. The molecule has 0 amide bonds. The molecule has 1 N–H and O–H groups in total. The number of hydrogen-bond acceptors (Lipinski definition) is 3. The lowest BCUT2D eigenvalue weighted by Gasteiger charge is -1.85. The highest BCUT2D eigenvalue weighted by atomic mass is 15.0. The maximum Gasteiger partial charge on any atom is 0.177 e. The van der Waals surface area contributed by atoms with Crippen molar-refractivity contribution in [3.8, 4) is 6.07 Å². The maximum atomic E-state index is 8.40. The van der Waals surface area contributed by atoms with Crippen LogP contribution in [0.15, 0.2) is 18.3 Å². The minimum Gasteiger partial charge on any atom is -0.341 e. The van der Waals surface area contributed by atoms with Gasteiger partial charge >= 0.3 is 0 Å². The molecule has 2 rings (SSSR count). The second kappa shape index (κ2) is 3.23. The van der Waals surface area contributed by atoms with Crippen LogP contribution in [-0.4, -0.2) is 15.0 Å². The van der Waals surface area contributed by atoms with Crippen LogP contribution in [0.2, 0.25) is 0 Å². The minimum atomic E-state index is 0.486. The average Bonchev–Trinajstić information content (AvgIpc) is 2.57. The number of H-pyrrole nitrogens is 1. The van der Waals surface area contributed by atoms with E-state index in [0.717, 1.165) is 17.0 Å². The van der Waals surface area contributed by atoms with Gasteiger partial charge in [0.1, 0.15) is 5.82 Å². The van der Waals surface area contributed by atoms with E-state index in [2.05, 4.69) is 21.0 Å². The first-order valence-corrected chi connectivity index (χ1v) is 4.07. The molecule has 4 heteroatoms. The predicted molar refractivity (Wildman–Crippen MR) is 47.8 cm³/mol. The topological polar surface area (TPSA) is 65.4 Å². The van der Waals surface area contributed by atoms with Crippen molar-refractivity contribution in [3.05, 3.63) is 24.2 Å². The lowest BCUT2D eigenvalue weighted by Crippen LogP contribution is -1.85. The number of aromatic nitrogens is 3. The first-order valence-electron chi connectivity index (χ1n) is 4.07. The fourth-order valence-corrected chi connectivity index (χ4v) is 1.19. The number of fused-ring (bicyclic) bond motifs is 1. The van der Waals surface area contributed by atoms with Crippen molar-refractivity contribution in [2.75, 3.05) is 0 Å². The molecule has 0 aromatic carbocycles. The van der Waals surface area contributed by atoms with Crippen molar-refractivity contribution in [2.24, 2.45) is 0 Å². The number of nitrogens with one attached hydrogen (secondary N) is 1. The number of nitriles is 1. The Bertz CT molecular complexity index is 419. The number of pyridine rings is 1. The van der Waals surface area contributed by atoms with E-state index in [0.29, 0.717) is 12.8 Å². The van der Waals surface area contributed by atoms with E-state index in [1.54, 1.807) is 6.20 Å². The molecule has 2 heterocycles. The van der Waals surface area contributed by atoms with Crippen LogP contribution in [0.3, 0.4) is 0 Å². The number of aromatic amines is 1. The summed E-state index contributed by atoms with van der Waals surface area (Å²) in [5.74, 6) is 0.829. The van der Waals surface area contributed by atoms with E-state index in [-0.39, 0.29) is 0 Å². The van der Waals surface area contributed by atoms with E-state index >= 15 is 0 Å². The quantitative estimate of drug-likeness (QED) is 0.744. The van der Waals surface area contributed by atoms with Gasteiger partial charge in [-0.05, 0) is 12.1 Å². The first-order chi connectivity index (χ1) is 6.40. The number of rotatable bonds is 2. The predicted octanol–water partition coefficient (Wildman–Crippen LogP) is 1.41. The van der Waals surface area contributed by atoms with Crippen molar-refractivity contribution >= 4 is 11.2 Å². The average molecular weight is 172 g/mol. The molecule has 0 bridgehead atoms. The maximum absolute atomic E-state index is 8.40. The van der Waals surface area contributed by atoms with Crippen molar-refractivity contribution in [1.82, 2.24) is 15.0 Å². The highest BCUT2D eigenvalue weighted by Gasteiger charge is 2.01. The van der Waals surface area contributed by atoms with E-state index in [9.17, 15) is 0 Å². The lowest BCUT2D eigenvalue weighted by molar-refractivity contribution is 0.923. The molecule has 0 unspecified atom stereocenters. The molecular weight excluding hydrogens is 164 g/mol.